The highest BCUT2D eigenvalue weighted by molar-refractivity contribution is 5.79. The average Bonchev–Trinajstić information content (AvgIpc) is 3.12. The summed E-state index contributed by atoms with van der Waals surface area (Å²) in [7, 11) is 3.69. The minimum Gasteiger partial charge on any atom is -0.497 e. The summed E-state index contributed by atoms with van der Waals surface area (Å²) < 4.78 is 10.5. The Bertz CT molecular complexity index is 633. The molecule has 128 valence electrons. The summed E-state index contributed by atoms with van der Waals surface area (Å²) in [5.74, 6) is 2.65. The van der Waals surface area contributed by atoms with Gasteiger partial charge in [0.05, 0.1) is 13.4 Å². The van der Waals surface area contributed by atoms with Crippen LogP contribution in [0.1, 0.15) is 11.3 Å². The quantitative estimate of drug-likeness (QED) is 0.460. The molecule has 5 nitrogen and oxygen atoms in total. The first kappa shape index (κ1) is 17.7. The lowest BCUT2D eigenvalue weighted by atomic mass is 10.2. The third-order valence-corrected chi connectivity index (χ3v) is 3.54. The number of rotatable bonds is 8. The molecule has 0 atom stereocenters. The van der Waals surface area contributed by atoms with Gasteiger partial charge >= 0.3 is 0 Å². The number of furan rings is 1. The van der Waals surface area contributed by atoms with Crippen LogP contribution in [0, 0.1) is 0 Å². The van der Waals surface area contributed by atoms with Gasteiger partial charge in [0.1, 0.15) is 11.5 Å². The predicted octanol–water partition coefficient (Wildman–Crippen LogP) is 3.09. The molecule has 0 fully saturated rings. The zero-order valence-electron chi connectivity index (χ0n) is 14.4. The summed E-state index contributed by atoms with van der Waals surface area (Å²) in [5.41, 5.74) is 1.19. The SMILES string of the molecule is C=CCNC(=NCCc1ccco1)N(C)Cc1ccc(OC)cc1. The summed E-state index contributed by atoms with van der Waals surface area (Å²) >= 11 is 0. The Morgan fingerprint density at radius 3 is 2.75 bits per heavy atom. The first-order chi connectivity index (χ1) is 11.7. The van der Waals surface area contributed by atoms with Crippen molar-refractivity contribution >= 4 is 5.96 Å². The van der Waals surface area contributed by atoms with Crippen molar-refractivity contribution in [2.75, 3.05) is 27.2 Å². The number of hydrogen-bond donors (Lipinski definition) is 1. The van der Waals surface area contributed by atoms with E-state index in [1.807, 2.05) is 37.4 Å². The van der Waals surface area contributed by atoms with Gasteiger partial charge in [-0.05, 0) is 29.8 Å². The zero-order chi connectivity index (χ0) is 17.2. The number of benzene rings is 1. The molecular formula is C19H25N3O2. The van der Waals surface area contributed by atoms with E-state index in [9.17, 15) is 0 Å². The highest BCUT2D eigenvalue weighted by Gasteiger charge is 2.07. The first-order valence-electron chi connectivity index (χ1n) is 7.98. The molecule has 0 aliphatic rings. The predicted molar refractivity (Wildman–Crippen MR) is 97.4 cm³/mol. The van der Waals surface area contributed by atoms with Crippen LogP contribution in [0.5, 0.6) is 5.75 Å². The standard InChI is InChI=1S/C19H25N3O2/c1-4-12-20-19(21-13-11-18-6-5-14-24-18)22(2)15-16-7-9-17(23-3)10-8-16/h4-10,14H,1,11-13,15H2,2-3H3,(H,20,21). The van der Waals surface area contributed by atoms with Crippen LogP contribution in [0.2, 0.25) is 0 Å². The van der Waals surface area contributed by atoms with E-state index < -0.39 is 0 Å². The Morgan fingerprint density at radius 1 is 1.33 bits per heavy atom. The van der Waals surface area contributed by atoms with Gasteiger partial charge in [-0.1, -0.05) is 18.2 Å². The van der Waals surface area contributed by atoms with Crippen molar-refractivity contribution in [3.63, 3.8) is 0 Å². The number of methoxy groups -OCH3 is 1. The summed E-state index contributed by atoms with van der Waals surface area (Å²) in [5, 5.41) is 3.29. The minimum atomic E-state index is 0.667. The van der Waals surface area contributed by atoms with Crippen LogP contribution in [0.3, 0.4) is 0 Å². The van der Waals surface area contributed by atoms with E-state index >= 15 is 0 Å². The lowest BCUT2D eigenvalue weighted by molar-refractivity contribution is 0.414. The lowest BCUT2D eigenvalue weighted by Crippen LogP contribution is -2.38. The number of ether oxygens (including phenoxy) is 1. The fourth-order valence-corrected chi connectivity index (χ4v) is 2.28. The second-order valence-corrected chi connectivity index (χ2v) is 5.41. The van der Waals surface area contributed by atoms with E-state index in [4.69, 9.17) is 9.15 Å². The normalized spacial score (nSPS) is 11.2. The molecular weight excluding hydrogens is 302 g/mol. The molecule has 0 radical (unpaired) electrons. The summed E-state index contributed by atoms with van der Waals surface area (Å²) in [6.45, 7) is 5.85. The van der Waals surface area contributed by atoms with Crippen LogP contribution in [0.25, 0.3) is 0 Å². The van der Waals surface area contributed by atoms with Gasteiger partial charge in [-0.15, -0.1) is 6.58 Å². The highest BCUT2D eigenvalue weighted by Crippen LogP contribution is 2.12. The molecule has 1 aromatic carbocycles. The molecule has 0 saturated carbocycles. The van der Waals surface area contributed by atoms with Crippen LogP contribution in [-0.4, -0.2) is 38.1 Å². The van der Waals surface area contributed by atoms with Crippen LogP contribution in [-0.2, 0) is 13.0 Å². The first-order valence-corrected chi connectivity index (χ1v) is 7.98. The number of hydrogen-bond acceptors (Lipinski definition) is 3. The Kier molecular flexibility index (Phi) is 6.95. The fraction of sp³-hybridized carbons (Fsp3) is 0.316. The molecule has 0 saturated heterocycles. The van der Waals surface area contributed by atoms with Gasteiger partial charge in [0.15, 0.2) is 5.96 Å². The minimum absolute atomic E-state index is 0.667. The van der Waals surface area contributed by atoms with Gasteiger partial charge in [0, 0.05) is 33.1 Å². The third kappa shape index (κ3) is 5.50. The van der Waals surface area contributed by atoms with E-state index in [1.54, 1.807) is 13.4 Å². The van der Waals surface area contributed by atoms with Crippen molar-refractivity contribution in [2.24, 2.45) is 4.99 Å². The molecule has 5 heteroatoms. The van der Waals surface area contributed by atoms with Gasteiger partial charge in [-0.25, -0.2) is 0 Å². The smallest absolute Gasteiger partial charge is 0.194 e. The Labute approximate surface area is 143 Å². The molecule has 24 heavy (non-hydrogen) atoms. The average molecular weight is 327 g/mol. The molecule has 0 aliphatic heterocycles. The van der Waals surface area contributed by atoms with Gasteiger partial charge in [-0.3, -0.25) is 4.99 Å². The van der Waals surface area contributed by atoms with Crippen LogP contribution >= 0.6 is 0 Å². The molecule has 1 aromatic heterocycles. The second kappa shape index (κ2) is 9.45. The van der Waals surface area contributed by atoms with Gasteiger partial charge < -0.3 is 19.4 Å². The van der Waals surface area contributed by atoms with E-state index in [0.29, 0.717) is 13.1 Å². The molecule has 0 spiro atoms. The van der Waals surface area contributed by atoms with Crippen molar-refractivity contribution in [1.29, 1.82) is 0 Å². The number of guanidine groups is 1. The van der Waals surface area contributed by atoms with Crippen molar-refractivity contribution < 1.29 is 9.15 Å². The van der Waals surface area contributed by atoms with Crippen LogP contribution in [0.4, 0.5) is 0 Å². The summed E-state index contributed by atoms with van der Waals surface area (Å²) in [4.78, 5) is 6.76. The van der Waals surface area contributed by atoms with E-state index in [2.05, 4.69) is 33.9 Å². The van der Waals surface area contributed by atoms with Crippen molar-refractivity contribution in [1.82, 2.24) is 10.2 Å². The molecule has 0 bridgehead atoms. The molecule has 2 aromatic rings. The van der Waals surface area contributed by atoms with Crippen LogP contribution < -0.4 is 10.1 Å². The molecule has 0 unspecified atom stereocenters. The van der Waals surface area contributed by atoms with E-state index in [1.165, 1.54) is 5.56 Å². The Balaban J connectivity index is 1.97. The largest absolute Gasteiger partial charge is 0.497 e. The van der Waals surface area contributed by atoms with Crippen molar-refractivity contribution in [3.05, 3.63) is 66.6 Å². The maximum Gasteiger partial charge on any atom is 0.194 e. The van der Waals surface area contributed by atoms with Gasteiger partial charge in [0.25, 0.3) is 0 Å². The topological polar surface area (TPSA) is 50.0 Å². The number of nitrogens with one attached hydrogen (secondary N) is 1. The Morgan fingerprint density at radius 2 is 2.12 bits per heavy atom. The number of aliphatic imine (C=N–C) groups is 1. The fourth-order valence-electron chi connectivity index (χ4n) is 2.28. The van der Waals surface area contributed by atoms with E-state index in [0.717, 1.165) is 30.4 Å². The zero-order valence-corrected chi connectivity index (χ0v) is 14.4. The lowest BCUT2D eigenvalue weighted by Gasteiger charge is -2.22. The van der Waals surface area contributed by atoms with Crippen LogP contribution in [0.15, 0.2) is 64.7 Å². The molecule has 1 heterocycles. The molecule has 2 rings (SSSR count). The molecule has 1 N–H and O–H groups in total. The third-order valence-electron chi connectivity index (χ3n) is 3.54. The van der Waals surface area contributed by atoms with Gasteiger partial charge in [0.2, 0.25) is 0 Å². The Hall–Kier alpha value is -2.69. The van der Waals surface area contributed by atoms with Crippen molar-refractivity contribution in [3.8, 4) is 5.75 Å². The summed E-state index contributed by atoms with van der Waals surface area (Å²) in [6.07, 6.45) is 4.29. The summed E-state index contributed by atoms with van der Waals surface area (Å²) in [6, 6.07) is 11.9. The second-order valence-electron chi connectivity index (χ2n) is 5.41. The van der Waals surface area contributed by atoms with E-state index in [-0.39, 0.29) is 0 Å². The maximum atomic E-state index is 5.34. The molecule has 0 aliphatic carbocycles. The molecule has 0 amide bonds. The maximum absolute atomic E-state index is 5.34. The number of nitrogens with zero attached hydrogens (tertiary/aromatic N) is 2. The van der Waals surface area contributed by atoms with Gasteiger partial charge in [-0.2, -0.15) is 0 Å². The highest BCUT2D eigenvalue weighted by atomic mass is 16.5. The monoisotopic (exact) mass is 327 g/mol. The van der Waals surface area contributed by atoms with Crippen molar-refractivity contribution in [2.45, 2.75) is 13.0 Å².